The average molecular weight is 290 g/mol. The third-order valence-electron chi connectivity index (χ3n) is 4.16. The van der Waals surface area contributed by atoms with Crippen molar-refractivity contribution in [2.75, 3.05) is 18.5 Å². The Balaban J connectivity index is 2.21. The van der Waals surface area contributed by atoms with Crippen molar-refractivity contribution in [2.24, 2.45) is 5.92 Å². The van der Waals surface area contributed by atoms with Gasteiger partial charge in [-0.2, -0.15) is 0 Å². The van der Waals surface area contributed by atoms with Gasteiger partial charge in [0.15, 0.2) is 0 Å². The summed E-state index contributed by atoms with van der Waals surface area (Å²) in [4.78, 5) is 14.0. The Morgan fingerprint density at radius 3 is 2.38 bits per heavy atom. The van der Waals surface area contributed by atoms with E-state index >= 15 is 0 Å². The van der Waals surface area contributed by atoms with Crippen LogP contribution >= 0.6 is 0 Å². The van der Waals surface area contributed by atoms with Crippen LogP contribution < -0.4 is 10.2 Å². The van der Waals surface area contributed by atoms with Gasteiger partial charge < -0.3 is 10.0 Å². The molecule has 1 saturated carbocycles. The van der Waals surface area contributed by atoms with E-state index in [2.05, 4.69) is 24.4 Å². The first-order chi connectivity index (χ1) is 9.85. The quantitative estimate of drug-likeness (QED) is 0.810. The van der Waals surface area contributed by atoms with E-state index in [1.165, 1.54) is 5.56 Å². The van der Waals surface area contributed by atoms with Crippen molar-refractivity contribution in [1.82, 2.24) is 5.32 Å². The van der Waals surface area contributed by atoms with Crippen LogP contribution in [0.2, 0.25) is 0 Å². The monoisotopic (exact) mass is 290 g/mol. The zero-order chi connectivity index (χ0) is 15.6. The van der Waals surface area contributed by atoms with Crippen LogP contribution in [0.5, 0.6) is 0 Å². The number of aryl methyl sites for hydroxylation is 1. The summed E-state index contributed by atoms with van der Waals surface area (Å²) in [7, 11) is 1.97. The summed E-state index contributed by atoms with van der Waals surface area (Å²) in [5.74, 6) is -0.511. The third-order valence-corrected chi connectivity index (χ3v) is 4.16. The summed E-state index contributed by atoms with van der Waals surface area (Å²) in [5.41, 5.74) is 1.41. The molecule has 4 heteroatoms. The number of nitrogens with zero attached hydrogens (tertiary/aromatic N) is 1. The van der Waals surface area contributed by atoms with E-state index in [0.29, 0.717) is 6.54 Å². The van der Waals surface area contributed by atoms with Gasteiger partial charge in [0.1, 0.15) is 5.54 Å². The zero-order valence-electron chi connectivity index (χ0n) is 13.4. The van der Waals surface area contributed by atoms with Crippen molar-refractivity contribution in [2.45, 2.75) is 45.2 Å². The van der Waals surface area contributed by atoms with Crippen LogP contribution in [0.25, 0.3) is 0 Å². The van der Waals surface area contributed by atoms with Crippen LogP contribution in [0.4, 0.5) is 5.69 Å². The number of carboxylic acid groups (broad SMARTS) is 1. The number of carboxylic acids is 1. The number of benzene rings is 1. The molecule has 0 radical (unpaired) electrons. The molecule has 0 aromatic heterocycles. The fraction of sp³-hybridized carbons (Fsp3) is 0.588. The highest BCUT2D eigenvalue weighted by atomic mass is 16.4. The second-order valence-electron chi connectivity index (χ2n) is 6.54. The Labute approximate surface area is 127 Å². The van der Waals surface area contributed by atoms with E-state index in [4.69, 9.17) is 0 Å². The zero-order valence-corrected chi connectivity index (χ0v) is 13.4. The number of rotatable bonds is 7. The summed E-state index contributed by atoms with van der Waals surface area (Å²) >= 11 is 0. The fourth-order valence-corrected chi connectivity index (χ4v) is 2.95. The van der Waals surface area contributed by atoms with Crippen LogP contribution in [-0.2, 0) is 4.79 Å². The van der Waals surface area contributed by atoms with Gasteiger partial charge in [-0.3, -0.25) is 10.1 Å². The molecule has 1 fully saturated rings. The average Bonchev–Trinajstić information content (AvgIpc) is 3.22. The topological polar surface area (TPSA) is 52.6 Å². The molecule has 116 valence electrons. The summed E-state index contributed by atoms with van der Waals surface area (Å²) in [5, 5.41) is 13.2. The molecule has 0 spiro atoms. The summed E-state index contributed by atoms with van der Waals surface area (Å²) in [6.07, 6.45) is 1.99. The highest BCUT2D eigenvalue weighted by Gasteiger charge is 2.52. The Bertz CT molecular complexity index is 494. The van der Waals surface area contributed by atoms with Gasteiger partial charge in [0.2, 0.25) is 0 Å². The molecule has 2 rings (SSSR count). The third kappa shape index (κ3) is 3.56. The lowest BCUT2D eigenvalue weighted by atomic mass is 9.91. The van der Waals surface area contributed by atoms with Gasteiger partial charge in [-0.05, 0) is 51.7 Å². The molecule has 0 heterocycles. The molecule has 4 nitrogen and oxygen atoms in total. The lowest BCUT2D eigenvalue weighted by Gasteiger charge is -2.37. The summed E-state index contributed by atoms with van der Waals surface area (Å²) in [6.45, 7) is 6.54. The van der Waals surface area contributed by atoms with E-state index < -0.39 is 11.5 Å². The first-order valence-electron chi connectivity index (χ1n) is 7.64. The number of nitrogens with one attached hydrogen (secondary N) is 1. The van der Waals surface area contributed by atoms with Gasteiger partial charge in [0.25, 0.3) is 0 Å². The van der Waals surface area contributed by atoms with Gasteiger partial charge in [-0.1, -0.05) is 17.7 Å². The number of hydrogen-bond acceptors (Lipinski definition) is 3. The van der Waals surface area contributed by atoms with Gasteiger partial charge in [0.05, 0.1) is 0 Å². The SMILES string of the molecule is Cc1ccc(N(C)CC(NC(C)C)(C(=O)O)C2CC2)cc1. The Kier molecular flexibility index (Phi) is 4.57. The largest absolute Gasteiger partial charge is 0.480 e. The number of carbonyl (C=O) groups is 1. The minimum atomic E-state index is -0.853. The standard InChI is InChI=1S/C17H26N2O2/c1-12(2)18-17(16(20)21,14-7-8-14)11-19(4)15-9-5-13(3)6-10-15/h5-6,9-10,12,14,18H,7-8,11H2,1-4H3,(H,20,21). The summed E-state index contributed by atoms with van der Waals surface area (Å²) in [6, 6.07) is 8.35. The first kappa shape index (κ1) is 15.8. The van der Waals surface area contributed by atoms with Crippen molar-refractivity contribution >= 4 is 11.7 Å². The lowest BCUT2D eigenvalue weighted by molar-refractivity contribution is -0.145. The fourth-order valence-electron chi connectivity index (χ4n) is 2.95. The normalized spacial score (nSPS) is 17.6. The molecule has 0 saturated heterocycles. The maximum atomic E-state index is 12.0. The predicted octanol–water partition coefficient (Wildman–Crippen LogP) is 2.66. The van der Waals surface area contributed by atoms with Gasteiger partial charge in [0, 0.05) is 25.3 Å². The molecular formula is C17H26N2O2. The molecule has 1 aromatic carbocycles. The molecule has 1 aliphatic carbocycles. The molecule has 1 unspecified atom stereocenters. The molecular weight excluding hydrogens is 264 g/mol. The molecule has 1 aromatic rings. The molecule has 21 heavy (non-hydrogen) atoms. The molecule has 0 aliphatic heterocycles. The number of anilines is 1. The highest BCUT2D eigenvalue weighted by molar-refractivity contribution is 5.81. The maximum absolute atomic E-state index is 12.0. The minimum Gasteiger partial charge on any atom is -0.480 e. The Hall–Kier alpha value is -1.55. The molecule has 2 N–H and O–H groups in total. The van der Waals surface area contributed by atoms with Crippen molar-refractivity contribution < 1.29 is 9.90 Å². The second kappa shape index (κ2) is 6.06. The van der Waals surface area contributed by atoms with Crippen LogP contribution in [0.3, 0.4) is 0 Å². The Morgan fingerprint density at radius 2 is 1.95 bits per heavy atom. The van der Waals surface area contributed by atoms with Crippen molar-refractivity contribution in [3.8, 4) is 0 Å². The maximum Gasteiger partial charge on any atom is 0.326 e. The van der Waals surface area contributed by atoms with Crippen LogP contribution in [0.15, 0.2) is 24.3 Å². The summed E-state index contributed by atoms with van der Waals surface area (Å²) < 4.78 is 0. The van der Waals surface area contributed by atoms with E-state index in [1.54, 1.807) is 0 Å². The van der Waals surface area contributed by atoms with Crippen molar-refractivity contribution in [3.05, 3.63) is 29.8 Å². The highest BCUT2D eigenvalue weighted by Crippen LogP contribution is 2.41. The van der Waals surface area contributed by atoms with Crippen molar-refractivity contribution in [3.63, 3.8) is 0 Å². The van der Waals surface area contributed by atoms with Crippen molar-refractivity contribution in [1.29, 1.82) is 0 Å². The van der Waals surface area contributed by atoms with E-state index in [-0.39, 0.29) is 12.0 Å². The van der Waals surface area contributed by atoms with Crippen LogP contribution in [-0.4, -0.2) is 36.2 Å². The predicted molar refractivity (Wildman–Crippen MR) is 85.8 cm³/mol. The second-order valence-corrected chi connectivity index (χ2v) is 6.54. The minimum absolute atomic E-state index is 0.146. The number of aliphatic carboxylic acids is 1. The molecule has 0 bridgehead atoms. The van der Waals surface area contributed by atoms with Crippen LogP contribution in [0, 0.1) is 12.8 Å². The van der Waals surface area contributed by atoms with E-state index in [1.807, 2.05) is 37.9 Å². The van der Waals surface area contributed by atoms with Gasteiger partial charge >= 0.3 is 5.97 Å². The van der Waals surface area contributed by atoms with E-state index in [9.17, 15) is 9.90 Å². The molecule has 1 atom stereocenters. The van der Waals surface area contributed by atoms with Crippen LogP contribution in [0.1, 0.15) is 32.3 Å². The molecule has 1 aliphatic rings. The van der Waals surface area contributed by atoms with Gasteiger partial charge in [-0.15, -0.1) is 0 Å². The smallest absolute Gasteiger partial charge is 0.326 e. The number of hydrogen-bond donors (Lipinski definition) is 2. The number of likely N-dealkylation sites (N-methyl/N-ethyl adjacent to an activating group) is 1. The molecule has 0 amide bonds. The van der Waals surface area contributed by atoms with E-state index in [0.717, 1.165) is 18.5 Å². The lowest BCUT2D eigenvalue weighted by Crippen LogP contribution is -2.62. The first-order valence-corrected chi connectivity index (χ1v) is 7.64. The Morgan fingerprint density at radius 1 is 1.38 bits per heavy atom. The van der Waals surface area contributed by atoms with Gasteiger partial charge in [-0.25, -0.2) is 0 Å².